The molecule has 5 rings (SSSR count). The molecule has 1 saturated carbocycles. The first-order valence-electron chi connectivity index (χ1n) is 8.41. The third-order valence-corrected chi connectivity index (χ3v) is 6.42. The Balaban J connectivity index is 1.55. The Morgan fingerprint density at radius 1 is 0.778 bits per heavy atom. The number of piperidine rings is 4. The van der Waals surface area contributed by atoms with E-state index in [4.69, 9.17) is 0 Å². The molecule has 0 radical (unpaired) electrons. The van der Waals surface area contributed by atoms with Gasteiger partial charge in [-0.25, -0.2) is 0 Å². The summed E-state index contributed by atoms with van der Waals surface area (Å²) in [6.45, 7) is 4.10. The van der Waals surface area contributed by atoms with Crippen LogP contribution in [0.5, 0.6) is 0 Å². The van der Waals surface area contributed by atoms with Gasteiger partial charge in [-0.15, -0.1) is 0 Å². The Morgan fingerprint density at radius 2 is 1.56 bits per heavy atom. The molecule has 1 aliphatic carbocycles. The summed E-state index contributed by atoms with van der Waals surface area (Å²) >= 11 is 0. The zero-order chi connectivity index (χ0) is 11.9. The monoisotopic (exact) mass is 248 g/mol. The van der Waals surface area contributed by atoms with Gasteiger partial charge in [-0.05, 0) is 56.7 Å². The van der Waals surface area contributed by atoms with Crippen LogP contribution in [0.2, 0.25) is 0 Å². The average Bonchev–Trinajstić information content (AvgIpc) is 2.49. The quantitative estimate of drug-likeness (QED) is 0.767. The second-order valence-electron chi connectivity index (χ2n) is 7.19. The van der Waals surface area contributed by atoms with Crippen molar-refractivity contribution in [3.8, 4) is 0 Å². The molecule has 4 heterocycles. The van der Waals surface area contributed by atoms with E-state index in [0.717, 1.165) is 29.8 Å². The highest BCUT2D eigenvalue weighted by atomic mass is 15.2. The van der Waals surface area contributed by atoms with E-state index >= 15 is 0 Å². The number of hydrogen-bond donors (Lipinski definition) is 1. The lowest BCUT2D eigenvalue weighted by molar-refractivity contribution is -0.0529. The van der Waals surface area contributed by atoms with Crippen molar-refractivity contribution in [1.82, 2.24) is 10.2 Å². The van der Waals surface area contributed by atoms with Crippen molar-refractivity contribution in [2.45, 2.75) is 63.5 Å². The molecule has 102 valence electrons. The summed E-state index contributed by atoms with van der Waals surface area (Å²) in [5, 5.41) is 3.88. The molecule has 0 aromatic heterocycles. The first-order chi connectivity index (χ1) is 8.93. The highest BCUT2D eigenvalue weighted by Gasteiger charge is 2.48. The van der Waals surface area contributed by atoms with E-state index in [1.807, 2.05) is 0 Å². The SMILES string of the molecule is C1CCC([C@H]2CCN[C@H]3C4CCN(CC4)[C@@H]23)CC1. The third-order valence-electron chi connectivity index (χ3n) is 6.42. The van der Waals surface area contributed by atoms with Crippen LogP contribution in [-0.4, -0.2) is 36.6 Å². The lowest BCUT2D eigenvalue weighted by Crippen LogP contribution is -2.68. The van der Waals surface area contributed by atoms with Crippen LogP contribution >= 0.6 is 0 Å². The maximum atomic E-state index is 3.88. The molecule has 0 aromatic rings. The highest BCUT2D eigenvalue weighted by Crippen LogP contribution is 2.44. The Labute approximate surface area is 111 Å². The van der Waals surface area contributed by atoms with E-state index in [1.165, 1.54) is 71.0 Å². The molecule has 18 heavy (non-hydrogen) atoms. The van der Waals surface area contributed by atoms with Gasteiger partial charge in [0.05, 0.1) is 0 Å². The highest BCUT2D eigenvalue weighted by molar-refractivity contribution is 5.05. The van der Waals surface area contributed by atoms with Crippen molar-refractivity contribution in [2.75, 3.05) is 19.6 Å². The molecule has 0 spiro atoms. The summed E-state index contributed by atoms with van der Waals surface area (Å²) in [6.07, 6.45) is 12.0. The molecule has 5 fully saturated rings. The normalized spacial score (nSPS) is 49.0. The average molecular weight is 248 g/mol. The molecule has 4 aliphatic heterocycles. The van der Waals surface area contributed by atoms with Gasteiger partial charge in [-0.3, -0.25) is 4.90 Å². The van der Waals surface area contributed by atoms with Gasteiger partial charge >= 0.3 is 0 Å². The summed E-state index contributed by atoms with van der Waals surface area (Å²) < 4.78 is 0. The number of rotatable bonds is 1. The van der Waals surface area contributed by atoms with Gasteiger partial charge < -0.3 is 5.32 Å². The number of nitrogens with zero attached hydrogens (tertiary/aromatic N) is 1. The molecule has 2 heteroatoms. The van der Waals surface area contributed by atoms with Gasteiger partial charge in [-0.2, -0.15) is 0 Å². The number of hydrogen-bond acceptors (Lipinski definition) is 2. The van der Waals surface area contributed by atoms with Crippen LogP contribution in [0.25, 0.3) is 0 Å². The fourth-order valence-electron chi connectivity index (χ4n) is 5.57. The molecule has 5 aliphatic rings. The van der Waals surface area contributed by atoms with Crippen LogP contribution in [0.1, 0.15) is 51.4 Å². The third kappa shape index (κ3) is 1.84. The summed E-state index contributed by atoms with van der Waals surface area (Å²) in [4.78, 5) is 2.86. The second-order valence-corrected chi connectivity index (χ2v) is 7.19. The van der Waals surface area contributed by atoms with Crippen molar-refractivity contribution < 1.29 is 0 Å². The zero-order valence-corrected chi connectivity index (χ0v) is 11.6. The molecular formula is C16H28N2. The Hall–Kier alpha value is -0.0800. The van der Waals surface area contributed by atoms with Crippen molar-refractivity contribution in [3.05, 3.63) is 0 Å². The first-order valence-corrected chi connectivity index (χ1v) is 8.41. The molecule has 0 amide bonds. The Morgan fingerprint density at radius 3 is 2.33 bits per heavy atom. The fraction of sp³-hybridized carbons (Fsp3) is 1.00. The van der Waals surface area contributed by atoms with Gasteiger partial charge in [0.15, 0.2) is 0 Å². The topological polar surface area (TPSA) is 15.3 Å². The second kappa shape index (κ2) is 4.79. The van der Waals surface area contributed by atoms with E-state index in [2.05, 4.69) is 10.2 Å². The van der Waals surface area contributed by atoms with E-state index in [-0.39, 0.29) is 0 Å². The van der Waals surface area contributed by atoms with Crippen LogP contribution < -0.4 is 5.32 Å². The van der Waals surface area contributed by atoms with Crippen molar-refractivity contribution in [1.29, 1.82) is 0 Å². The van der Waals surface area contributed by atoms with Crippen LogP contribution in [0, 0.1) is 17.8 Å². The Bertz CT molecular complexity index is 289. The first kappa shape index (κ1) is 11.7. The molecule has 0 unspecified atom stereocenters. The fourth-order valence-corrected chi connectivity index (χ4v) is 5.57. The lowest BCUT2D eigenvalue weighted by atomic mass is 9.65. The number of fused-ring (bicyclic) bond motifs is 2. The van der Waals surface area contributed by atoms with E-state index in [0.29, 0.717) is 0 Å². The summed E-state index contributed by atoms with van der Waals surface area (Å²) in [6, 6.07) is 1.77. The predicted molar refractivity (Wildman–Crippen MR) is 74.6 cm³/mol. The van der Waals surface area contributed by atoms with Crippen molar-refractivity contribution >= 4 is 0 Å². The minimum atomic E-state index is 0.855. The Kier molecular flexibility index (Phi) is 3.12. The lowest BCUT2D eigenvalue weighted by Gasteiger charge is -2.57. The minimum absolute atomic E-state index is 0.855. The largest absolute Gasteiger partial charge is 0.312 e. The van der Waals surface area contributed by atoms with Gasteiger partial charge in [0.2, 0.25) is 0 Å². The molecule has 1 N–H and O–H groups in total. The molecule has 0 aromatic carbocycles. The maximum absolute atomic E-state index is 3.88. The van der Waals surface area contributed by atoms with Crippen LogP contribution in [0.15, 0.2) is 0 Å². The summed E-state index contributed by atoms with van der Waals surface area (Å²) in [5.74, 6) is 3.10. The molecule has 2 bridgehead atoms. The molecule has 3 atom stereocenters. The smallest absolute Gasteiger partial charge is 0.0283 e. The predicted octanol–water partition coefficient (Wildman–Crippen LogP) is 2.64. The minimum Gasteiger partial charge on any atom is -0.312 e. The number of nitrogens with one attached hydrogen (secondary N) is 1. The van der Waals surface area contributed by atoms with Gasteiger partial charge in [0.25, 0.3) is 0 Å². The van der Waals surface area contributed by atoms with Gasteiger partial charge in [0, 0.05) is 12.1 Å². The van der Waals surface area contributed by atoms with Crippen LogP contribution in [0.3, 0.4) is 0 Å². The summed E-state index contributed by atoms with van der Waals surface area (Å²) in [7, 11) is 0. The molecular weight excluding hydrogens is 220 g/mol. The van der Waals surface area contributed by atoms with Crippen LogP contribution in [-0.2, 0) is 0 Å². The van der Waals surface area contributed by atoms with Crippen molar-refractivity contribution in [3.63, 3.8) is 0 Å². The summed E-state index contributed by atoms with van der Waals surface area (Å²) in [5.41, 5.74) is 0. The van der Waals surface area contributed by atoms with Gasteiger partial charge in [-0.1, -0.05) is 32.1 Å². The van der Waals surface area contributed by atoms with Gasteiger partial charge in [0.1, 0.15) is 0 Å². The molecule has 2 nitrogen and oxygen atoms in total. The van der Waals surface area contributed by atoms with E-state index in [9.17, 15) is 0 Å². The standard InChI is InChI=1S/C16H28N2/c1-2-4-12(5-3-1)14-6-9-17-15-13-7-10-18(11-8-13)16(14)15/h12-17H,1-11H2/t14-,15+,16+/m1/s1. The van der Waals surface area contributed by atoms with Crippen LogP contribution in [0.4, 0.5) is 0 Å². The van der Waals surface area contributed by atoms with E-state index in [1.54, 1.807) is 0 Å². The van der Waals surface area contributed by atoms with E-state index < -0.39 is 0 Å². The van der Waals surface area contributed by atoms with Crippen molar-refractivity contribution in [2.24, 2.45) is 17.8 Å². The maximum Gasteiger partial charge on any atom is 0.0283 e. The molecule has 4 saturated heterocycles. The zero-order valence-electron chi connectivity index (χ0n) is 11.6.